The van der Waals surface area contributed by atoms with Crippen LogP contribution in [0.4, 0.5) is 4.39 Å². The molecule has 6 nitrogen and oxygen atoms in total. The SMILES string of the molecule is COc1cc(C(O)(O)n2cccn2)cc(F)c1C#N. The van der Waals surface area contributed by atoms with Gasteiger partial charge in [-0.15, -0.1) is 0 Å². The maximum absolute atomic E-state index is 13.7. The van der Waals surface area contributed by atoms with Crippen molar-refractivity contribution in [2.45, 2.75) is 5.91 Å². The summed E-state index contributed by atoms with van der Waals surface area (Å²) in [5.41, 5.74) is -0.507. The van der Waals surface area contributed by atoms with E-state index in [0.29, 0.717) is 0 Å². The number of nitrogens with zero attached hydrogens (tertiary/aromatic N) is 3. The molecular weight excluding hydrogens is 253 g/mol. The molecule has 0 radical (unpaired) electrons. The number of benzene rings is 1. The molecule has 0 unspecified atom stereocenters. The maximum atomic E-state index is 13.7. The first-order chi connectivity index (χ1) is 9.00. The highest BCUT2D eigenvalue weighted by Crippen LogP contribution is 2.28. The third kappa shape index (κ3) is 2.14. The second-order valence-electron chi connectivity index (χ2n) is 3.73. The Bertz CT molecular complexity index is 632. The van der Waals surface area contributed by atoms with E-state index in [-0.39, 0.29) is 16.9 Å². The zero-order chi connectivity index (χ0) is 14.0. The largest absolute Gasteiger partial charge is 0.495 e. The zero-order valence-corrected chi connectivity index (χ0v) is 9.91. The number of ether oxygens (including phenoxy) is 1. The Morgan fingerprint density at radius 2 is 2.21 bits per heavy atom. The van der Waals surface area contributed by atoms with Crippen LogP contribution in [-0.4, -0.2) is 27.1 Å². The molecule has 0 saturated heterocycles. The van der Waals surface area contributed by atoms with E-state index < -0.39 is 11.7 Å². The van der Waals surface area contributed by atoms with Crippen LogP contribution in [0.5, 0.6) is 5.75 Å². The van der Waals surface area contributed by atoms with Crippen LogP contribution in [0.15, 0.2) is 30.6 Å². The van der Waals surface area contributed by atoms with Gasteiger partial charge in [-0.2, -0.15) is 10.4 Å². The number of hydrogen-bond donors (Lipinski definition) is 2. The van der Waals surface area contributed by atoms with E-state index in [0.717, 1.165) is 10.7 Å². The van der Waals surface area contributed by atoms with Gasteiger partial charge < -0.3 is 14.9 Å². The van der Waals surface area contributed by atoms with Crippen LogP contribution in [0.2, 0.25) is 0 Å². The number of rotatable bonds is 3. The highest BCUT2D eigenvalue weighted by atomic mass is 19.1. The van der Waals surface area contributed by atoms with Gasteiger partial charge in [-0.3, -0.25) is 0 Å². The second kappa shape index (κ2) is 4.68. The molecule has 0 aliphatic heterocycles. The number of aromatic nitrogens is 2. The number of hydrogen-bond acceptors (Lipinski definition) is 5. The van der Waals surface area contributed by atoms with Crippen molar-refractivity contribution in [3.8, 4) is 11.8 Å². The minimum Gasteiger partial charge on any atom is -0.495 e. The van der Waals surface area contributed by atoms with Crippen molar-refractivity contribution >= 4 is 0 Å². The van der Waals surface area contributed by atoms with Crippen LogP contribution in [0, 0.1) is 17.1 Å². The fourth-order valence-corrected chi connectivity index (χ4v) is 1.63. The van der Waals surface area contributed by atoms with E-state index in [4.69, 9.17) is 10.00 Å². The maximum Gasteiger partial charge on any atom is 0.294 e. The van der Waals surface area contributed by atoms with Gasteiger partial charge in [-0.25, -0.2) is 9.07 Å². The van der Waals surface area contributed by atoms with E-state index >= 15 is 0 Å². The van der Waals surface area contributed by atoms with Crippen LogP contribution in [-0.2, 0) is 5.91 Å². The van der Waals surface area contributed by atoms with Crippen LogP contribution >= 0.6 is 0 Å². The highest BCUT2D eigenvalue weighted by Gasteiger charge is 2.31. The fourth-order valence-electron chi connectivity index (χ4n) is 1.63. The minimum atomic E-state index is -2.54. The summed E-state index contributed by atoms with van der Waals surface area (Å²) in [6.07, 6.45) is 2.65. The smallest absolute Gasteiger partial charge is 0.294 e. The standard InChI is InChI=1S/C12H10FN3O3/c1-19-11-6-8(5-10(13)9(11)7-14)12(17,18)16-4-2-3-15-16/h2-6,17-18H,1H3. The van der Waals surface area contributed by atoms with Gasteiger partial charge in [0.1, 0.15) is 23.2 Å². The Labute approximate surface area is 107 Å². The summed E-state index contributed by atoms with van der Waals surface area (Å²) in [6.45, 7) is 0. The Hall–Kier alpha value is -2.43. The molecule has 0 amide bonds. The third-order valence-electron chi connectivity index (χ3n) is 2.60. The first-order valence-corrected chi connectivity index (χ1v) is 5.23. The Balaban J connectivity index is 2.59. The normalized spacial score (nSPS) is 11.1. The van der Waals surface area contributed by atoms with Gasteiger partial charge in [-0.1, -0.05) is 0 Å². The summed E-state index contributed by atoms with van der Waals surface area (Å²) in [5, 5.41) is 32.5. The molecule has 7 heteroatoms. The monoisotopic (exact) mass is 263 g/mol. The number of halogens is 1. The van der Waals surface area contributed by atoms with E-state index in [1.165, 1.54) is 31.6 Å². The summed E-state index contributed by atoms with van der Waals surface area (Å²) in [4.78, 5) is 0. The van der Waals surface area contributed by atoms with Gasteiger partial charge in [-0.05, 0) is 18.2 Å². The van der Waals surface area contributed by atoms with Gasteiger partial charge in [0.2, 0.25) is 0 Å². The summed E-state index contributed by atoms with van der Waals surface area (Å²) in [5.74, 6) is -3.53. The summed E-state index contributed by atoms with van der Waals surface area (Å²) in [7, 11) is 1.25. The molecule has 2 aromatic rings. The molecule has 2 N–H and O–H groups in total. The average molecular weight is 263 g/mol. The molecule has 0 aliphatic carbocycles. The lowest BCUT2D eigenvalue weighted by molar-refractivity contribution is -0.200. The van der Waals surface area contributed by atoms with Crippen molar-refractivity contribution in [3.63, 3.8) is 0 Å². The molecular formula is C12H10FN3O3. The molecule has 0 aliphatic rings. The lowest BCUT2D eigenvalue weighted by Crippen LogP contribution is -2.35. The minimum absolute atomic E-state index is 0.0860. The zero-order valence-electron chi connectivity index (χ0n) is 9.91. The molecule has 2 rings (SSSR count). The molecule has 0 atom stereocenters. The lowest BCUT2D eigenvalue weighted by atomic mass is 10.1. The van der Waals surface area contributed by atoms with Gasteiger partial charge in [0.15, 0.2) is 0 Å². The van der Waals surface area contributed by atoms with Crippen LogP contribution < -0.4 is 4.74 Å². The quantitative estimate of drug-likeness (QED) is 0.789. The summed E-state index contributed by atoms with van der Waals surface area (Å²) < 4.78 is 19.4. The first-order valence-electron chi connectivity index (χ1n) is 5.23. The second-order valence-corrected chi connectivity index (χ2v) is 3.73. The Morgan fingerprint density at radius 3 is 2.74 bits per heavy atom. The molecule has 0 saturated carbocycles. The molecule has 98 valence electrons. The van der Waals surface area contributed by atoms with E-state index in [9.17, 15) is 14.6 Å². The highest BCUT2D eigenvalue weighted by molar-refractivity contribution is 5.47. The molecule has 0 bridgehead atoms. The Morgan fingerprint density at radius 1 is 1.47 bits per heavy atom. The molecule has 1 aromatic carbocycles. The van der Waals surface area contributed by atoms with Crippen molar-refractivity contribution in [1.82, 2.24) is 9.78 Å². The van der Waals surface area contributed by atoms with E-state index in [1.807, 2.05) is 0 Å². The predicted octanol–water partition coefficient (Wildman–Crippen LogP) is 0.546. The summed E-state index contributed by atoms with van der Waals surface area (Å²) in [6, 6.07) is 5.15. The number of nitriles is 1. The van der Waals surface area contributed by atoms with Crippen molar-refractivity contribution in [2.24, 2.45) is 0 Å². The van der Waals surface area contributed by atoms with Crippen LogP contribution in [0.3, 0.4) is 0 Å². The number of aliphatic hydroxyl groups is 2. The molecule has 0 fully saturated rings. The topological polar surface area (TPSA) is 91.3 Å². The van der Waals surface area contributed by atoms with Crippen molar-refractivity contribution in [1.29, 1.82) is 5.26 Å². The number of methoxy groups -OCH3 is 1. The van der Waals surface area contributed by atoms with Gasteiger partial charge in [0, 0.05) is 18.0 Å². The van der Waals surface area contributed by atoms with Crippen LogP contribution in [0.25, 0.3) is 0 Å². The molecule has 0 spiro atoms. The van der Waals surface area contributed by atoms with Gasteiger partial charge >= 0.3 is 0 Å². The first kappa shape index (κ1) is 13.0. The van der Waals surface area contributed by atoms with Gasteiger partial charge in [0.05, 0.1) is 7.11 Å². The lowest BCUT2D eigenvalue weighted by Gasteiger charge is -2.23. The molecule has 1 heterocycles. The molecule has 19 heavy (non-hydrogen) atoms. The molecule has 1 aromatic heterocycles. The van der Waals surface area contributed by atoms with Crippen LogP contribution in [0.1, 0.15) is 11.1 Å². The average Bonchev–Trinajstić information content (AvgIpc) is 2.92. The third-order valence-corrected chi connectivity index (χ3v) is 2.60. The summed E-state index contributed by atoms with van der Waals surface area (Å²) >= 11 is 0. The van der Waals surface area contributed by atoms with E-state index in [1.54, 1.807) is 6.07 Å². The Kier molecular flexibility index (Phi) is 3.21. The van der Waals surface area contributed by atoms with Crippen molar-refractivity contribution in [2.75, 3.05) is 7.11 Å². The van der Waals surface area contributed by atoms with Crippen molar-refractivity contribution in [3.05, 3.63) is 47.5 Å². The van der Waals surface area contributed by atoms with Gasteiger partial charge in [0.25, 0.3) is 5.91 Å². The van der Waals surface area contributed by atoms with Crippen molar-refractivity contribution < 1.29 is 19.3 Å². The van der Waals surface area contributed by atoms with E-state index in [2.05, 4.69) is 5.10 Å². The fraction of sp³-hybridized carbons (Fsp3) is 0.167. The predicted molar refractivity (Wildman–Crippen MR) is 61.4 cm³/mol.